The van der Waals surface area contributed by atoms with E-state index in [1.807, 2.05) is 0 Å². The Hall–Kier alpha value is -2.50. The van der Waals surface area contributed by atoms with Crippen LogP contribution in [0.5, 0.6) is 0 Å². The maximum atomic E-state index is 13.0. The van der Waals surface area contributed by atoms with Crippen LogP contribution in [0.25, 0.3) is 0 Å². The molecule has 1 N–H and O–H groups in total. The molecule has 152 valence electrons. The molecule has 1 unspecified atom stereocenters. The molecule has 29 heavy (non-hydrogen) atoms. The van der Waals surface area contributed by atoms with Gasteiger partial charge in [-0.15, -0.1) is 22.3 Å². The first kappa shape index (κ1) is 21.2. The van der Waals surface area contributed by atoms with Gasteiger partial charge in [-0.3, -0.25) is 14.5 Å². The van der Waals surface area contributed by atoms with Crippen LogP contribution in [-0.2, 0) is 19.6 Å². The molecular weight excluding hydrogens is 437 g/mol. The van der Waals surface area contributed by atoms with E-state index < -0.39 is 32.9 Å². The lowest BCUT2D eigenvalue weighted by Gasteiger charge is -2.13. The third-order valence-electron chi connectivity index (χ3n) is 3.78. The minimum Gasteiger partial charge on any atom is -0.326 e. The van der Waals surface area contributed by atoms with Crippen molar-refractivity contribution in [3.8, 4) is 0 Å². The second-order valence-electron chi connectivity index (χ2n) is 5.88. The van der Waals surface area contributed by atoms with Gasteiger partial charge in [0.15, 0.2) is 5.17 Å². The Morgan fingerprint density at radius 3 is 2.66 bits per heavy atom. The Kier molecular flexibility index (Phi) is 6.50. The molecule has 2 amide bonds. The van der Waals surface area contributed by atoms with E-state index in [1.54, 1.807) is 11.4 Å². The standard InChI is InChI=1S/C18H16FN3O4S3/c1-2-9-22-17(24)14(11-15(23)20-13-7-5-12(19)6-8-13)28-18(22)21-29(25,26)16-4-3-10-27-16/h2-8,10,14H,1,9,11H2,(H,20,23)/b21-18-. The van der Waals surface area contributed by atoms with Gasteiger partial charge in [0.25, 0.3) is 10.0 Å². The van der Waals surface area contributed by atoms with E-state index >= 15 is 0 Å². The van der Waals surface area contributed by atoms with Crippen molar-refractivity contribution >= 4 is 55.8 Å². The number of nitrogens with zero attached hydrogens (tertiary/aromatic N) is 2. The fraction of sp³-hybridized carbons (Fsp3) is 0.167. The number of thiophene rings is 1. The van der Waals surface area contributed by atoms with Crippen molar-refractivity contribution in [3.05, 3.63) is 60.3 Å². The maximum Gasteiger partial charge on any atom is 0.294 e. The summed E-state index contributed by atoms with van der Waals surface area (Å²) in [6.45, 7) is 3.64. The Bertz CT molecular complexity index is 1050. The molecule has 1 saturated heterocycles. The number of amidine groups is 1. The third kappa shape index (κ3) is 5.11. The summed E-state index contributed by atoms with van der Waals surface area (Å²) < 4.78 is 41.7. The first-order valence-corrected chi connectivity index (χ1v) is 11.5. The number of anilines is 1. The monoisotopic (exact) mass is 453 g/mol. The molecule has 2 heterocycles. The van der Waals surface area contributed by atoms with Crippen LogP contribution in [0, 0.1) is 5.82 Å². The van der Waals surface area contributed by atoms with Gasteiger partial charge in [0, 0.05) is 18.7 Å². The summed E-state index contributed by atoms with van der Waals surface area (Å²) in [4.78, 5) is 26.1. The van der Waals surface area contributed by atoms with Crippen molar-refractivity contribution in [1.82, 2.24) is 4.90 Å². The summed E-state index contributed by atoms with van der Waals surface area (Å²) in [6, 6.07) is 8.24. The summed E-state index contributed by atoms with van der Waals surface area (Å²) in [6.07, 6.45) is 1.26. The van der Waals surface area contributed by atoms with E-state index in [1.165, 1.54) is 41.3 Å². The molecule has 0 saturated carbocycles. The van der Waals surface area contributed by atoms with Gasteiger partial charge < -0.3 is 5.32 Å². The summed E-state index contributed by atoms with van der Waals surface area (Å²) in [5, 5.41) is 3.37. The summed E-state index contributed by atoms with van der Waals surface area (Å²) in [7, 11) is -3.96. The van der Waals surface area contributed by atoms with Gasteiger partial charge in [0.05, 0.1) is 0 Å². The molecule has 0 radical (unpaired) electrons. The average Bonchev–Trinajstić information content (AvgIpc) is 3.29. The van der Waals surface area contributed by atoms with Crippen molar-refractivity contribution < 1.29 is 22.4 Å². The Balaban J connectivity index is 1.76. The first-order valence-electron chi connectivity index (χ1n) is 8.33. The SMILES string of the molecule is C=CCN1C(=O)C(CC(=O)Nc2ccc(F)cc2)S/C1=N\S(=O)(=O)c1cccs1. The molecule has 0 spiro atoms. The van der Waals surface area contributed by atoms with E-state index in [4.69, 9.17) is 0 Å². The Labute approximate surface area is 175 Å². The zero-order chi connectivity index (χ0) is 21.0. The van der Waals surface area contributed by atoms with E-state index in [0.29, 0.717) is 5.69 Å². The number of hydrogen-bond acceptors (Lipinski definition) is 6. The van der Waals surface area contributed by atoms with Gasteiger partial charge in [-0.1, -0.05) is 23.9 Å². The van der Waals surface area contributed by atoms with E-state index in [-0.39, 0.29) is 22.3 Å². The molecule has 1 aliphatic heterocycles. The van der Waals surface area contributed by atoms with Gasteiger partial charge in [0.2, 0.25) is 11.8 Å². The Morgan fingerprint density at radius 1 is 1.31 bits per heavy atom. The topological polar surface area (TPSA) is 95.9 Å². The number of hydrogen-bond donors (Lipinski definition) is 1. The van der Waals surface area contributed by atoms with Crippen molar-refractivity contribution in [1.29, 1.82) is 0 Å². The van der Waals surface area contributed by atoms with Crippen LogP contribution < -0.4 is 5.32 Å². The summed E-state index contributed by atoms with van der Waals surface area (Å²) in [5.41, 5.74) is 0.393. The van der Waals surface area contributed by atoms with Crippen LogP contribution in [0.15, 0.2) is 63.0 Å². The summed E-state index contributed by atoms with van der Waals surface area (Å²) >= 11 is 1.94. The molecule has 1 fully saturated rings. The van der Waals surface area contributed by atoms with Crippen LogP contribution >= 0.6 is 23.1 Å². The highest BCUT2D eigenvalue weighted by Gasteiger charge is 2.39. The molecule has 0 bridgehead atoms. The second-order valence-corrected chi connectivity index (χ2v) is 9.83. The van der Waals surface area contributed by atoms with Crippen molar-refractivity contribution in [2.24, 2.45) is 4.40 Å². The fourth-order valence-electron chi connectivity index (χ4n) is 2.48. The molecule has 3 rings (SSSR count). The van der Waals surface area contributed by atoms with Gasteiger partial charge in [-0.05, 0) is 35.7 Å². The highest BCUT2D eigenvalue weighted by atomic mass is 32.2. The fourth-order valence-corrected chi connectivity index (χ4v) is 5.81. The highest BCUT2D eigenvalue weighted by molar-refractivity contribution is 8.16. The predicted molar refractivity (Wildman–Crippen MR) is 112 cm³/mol. The molecular formula is C18H16FN3O4S3. The smallest absolute Gasteiger partial charge is 0.294 e. The van der Waals surface area contributed by atoms with Crippen molar-refractivity contribution in [3.63, 3.8) is 0 Å². The lowest BCUT2D eigenvalue weighted by atomic mass is 10.2. The highest BCUT2D eigenvalue weighted by Crippen LogP contribution is 2.32. The van der Waals surface area contributed by atoms with Crippen LogP contribution in [0.2, 0.25) is 0 Å². The number of nitrogens with one attached hydrogen (secondary N) is 1. The largest absolute Gasteiger partial charge is 0.326 e. The second kappa shape index (κ2) is 8.89. The van der Waals surface area contributed by atoms with Gasteiger partial charge >= 0.3 is 0 Å². The van der Waals surface area contributed by atoms with Gasteiger partial charge in [0.1, 0.15) is 15.3 Å². The van der Waals surface area contributed by atoms with Crippen molar-refractivity contribution in [2.45, 2.75) is 15.9 Å². The zero-order valence-corrected chi connectivity index (χ0v) is 17.4. The number of thioether (sulfide) groups is 1. The molecule has 1 aliphatic rings. The third-order valence-corrected chi connectivity index (χ3v) is 7.71. The lowest BCUT2D eigenvalue weighted by molar-refractivity contribution is -0.127. The van der Waals surface area contributed by atoms with Gasteiger partial charge in [-0.25, -0.2) is 4.39 Å². The predicted octanol–water partition coefficient (Wildman–Crippen LogP) is 3.09. The molecule has 11 heteroatoms. The summed E-state index contributed by atoms with van der Waals surface area (Å²) in [5.74, 6) is -1.31. The molecule has 7 nitrogen and oxygen atoms in total. The van der Waals surface area contributed by atoms with E-state index in [0.717, 1.165) is 23.1 Å². The van der Waals surface area contributed by atoms with Gasteiger partial charge in [-0.2, -0.15) is 8.42 Å². The van der Waals surface area contributed by atoms with Crippen LogP contribution in [0.3, 0.4) is 0 Å². The minimum absolute atomic E-state index is 0.00267. The maximum absolute atomic E-state index is 13.0. The average molecular weight is 454 g/mol. The van der Waals surface area contributed by atoms with Crippen LogP contribution in [0.1, 0.15) is 6.42 Å². The number of sulfonamides is 1. The normalized spacial score (nSPS) is 18.2. The number of amides is 2. The minimum atomic E-state index is -3.96. The first-order chi connectivity index (χ1) is 13.8. The molecule has 2 aromatic rings. The molecule has 1 aromatic heterocycles. The van der Waals surface area contributed by atoms with E-state index in [2.05, 4.69) is 16.3 Å². The molecule has 1 aromatic carbocycles. The quantitative estimate of drug-likeness (QED) is 0.650. The number of carbonyl (C=O) groups excluding carboxylic acids is 2. The van der Waals surface area contributed by atoms with Crippen molar-refractivity contribution in [2.75, 3.05) is 11.9 Å². The number of benzene rings is 1. The number of halogens is 1. The number of carbonyl (C=O) groups is 2. The Morgan fingerprint density at radius 2 is 2.03 bits per heavy atom. The molecule has 0 aliphatic carbocycles. The zero-order valence-electron chi connectivity index (χ0n) is 14.9. The lowest BCUT2D eigenvalue weighted by Crippen LogP contribution is -2.33. The molecule has 1 atom stereocenters. The van der Waals surface area contributed by atoms with Crippen LogP contribution in [-0.4, -0.2) is 42.1 Å². The van der Waals surface area contributed by atoms with E-state index in [9.17, 15) is 22.4 Å². The van der Waals surface area contributed by atoms with Crippen LogP contribution in [0.4, 0.5) is 10.1 Å². The number of rotatable bonds is 7.